The van der Waals surface area contributed by atoms with E-state index in [1.807, 2.05) is 6.07 Å². The van der Waals surface area contributed by atoms with Crippen molar-refractivity contribution in [2.75, 3.05) is 13.7 Å². The summed E-state index contributed by atoms with van der Waals surface area (Å²) < 4.78 is 19.4. The fourth-order valence-corrected chi connectivity index (χ4v) is 3.72. The molecule has 1 aromatic rings. The Balaban J connectivity index is 2.45. The molecule has 1 aliphatic rings. The van der Waals surface area contributed by atoms with Crippen LogP contribution in [-0.4, -0.2) is 18.4 Å². The van der Waals surface area contributed by atoms with Gasteiger partial charge >= 0.3 is 0 Å². The van der Waals surface area contributed by atoms with Crippen molar-refractivity contribution < 1.29 is 9.13 Å². The number of rotatable bonds is 4. The van der Waals surface area contributed by atoms with Crippen LogP contribution in [0.5, 0.6) is 5.75 Å². The van der Waals surface area contributed by atoms with Gasteiger partial charge in [-0.1, -0.05) is 6.92 Å². The van der Waals surface area contributed by atoms with E-state index in [1.54, 1.807) is 18.9 Å². The zero-order valence-corrected chi connectivity index (χ0v) is 12.9. The Morgan fingerprint density at radius 1 is 1.47 bits per heavy atom. The minimum atomic E-state index is -0.152. The van der Waals surface area contributed by atoms with E-state index in [0.717, 1.165) is 29.8 Å². The lowest BCUT2D eigenvalue weighted by molar-refractivity contribution is 0.401. The standard InChI is InChI=1S/C15H22FNOS/c1-5-6-17-14-11-7-10(18-4)8-13(16)12(11)9-19-15(14,2)3/h7-8,14,17H,5-6,9H2,1-4H3. The average molecular weight is 283 g/mol. The zero-order chi connectivity index (χ0) is 14.0. The normalized spacial score (nSPS) is 21.0. The predicted octanol–water partition coefficient (Wildman–Crippen LogP) is 3.90. The van der Waals surface area contributed by atoms with Crippen molar-refractivity contribution in [2.45, 2.75) is 43.7 Å². The summed E-state index contributed by atoms with van der Waals surface area (Å²) in [6.45, 7) is 7.51. The van der Waals surface area contributed by atoms with Gasteiger partial charge in [0.25, 0.3) is 0 Å². The molecule has 106 valence electrons. The molecule has 0 spiro atoms. The van der Waals surface area contributed by atoms with Crippen LogP contribution in [0.15, 0.2) is 12.1 Å². The van der Waals surface area contributed by atoms with Gasteiger partial charge in [0.15, 0.2) is 0 Å². The molecule has 0 saturated carbocycles. The highest BCUT2D eigenvalue weighted by atomic mass is 32.2. The molecule has 1 N–H and O–H groups in total. The lowest BCUT2D eigenvalue weighted by Crippen LogP contribution is -2.40. The lowest BCUT2D eigenvalue weighted by Gasteiger charge is -2.40. The summed E-state index contributed by atoms with van der Waals surface area (Å²) in [4.78, 5) is 0. The van der Waals surface area contributed by atoms with E-state index >= 15 is 0 Å². The van der Waals surface area contributed by atoms with E-state index in [2.05, 4.69) is 26.1 Å². The molecule has 0 saturated heterocycles. The Kier molecular flexibility index (Phi) is 4.41. The maximum atomic E-state index is 14.1. The molecule has 1 unspecified atom stereocenters. The molecule has 1 atom stereocenters. The van der Waals surface area contributed by atoms with Gasteiger partial charge in [0.05, 0.1) is 7.11 Å². The van der Waals surface area contributed by atoms with Crippen LogP contribution in [0.2, 0.25) is 0 Å². The number of hydrogen-bond acceptors (Lipinski definition) is 3. The third kappa shape index (κ3) is 2.90. The summed E-state index contributed by atoms with van der Waals surface area (Å²) in [5.74, 6) is 1.17. The maximum absolute atomic E-state index is 14.1. The van der Waals surface area contributed by atoms with Gasteiger partial charge in [-0.3, -0.25) is 0 Å². The van der Waals surface area contributed by atoms with Crippen LogP contribution in [0.1, 0.15) is 44.4 Å². The van der Waals surface area contributed by atoms with E-state index in [0.29, 0.717) is 5.75 Å². The molecule has 1 aromatic carbocycles. The van der Waals surface area contributed by atoms with Gasteiger partial charge in [-0.15, -0.1) is 11.8 Å². The molecule has 0 fully saturated rings. The highest BCUT2D eigenvalue weighted by Crippen LogP contribution is 2.47. The number of methoxy groups -OCH3 is 1. The Morgan fingerprint density at radius 3 is 2.84 bits per heavy atom. The summed E-state index contributed by atoms with van der Waals surface area (Å²) in [7, 11) is 1.58. The molecule has 0 amide bonds. The Bertz CT molecular complexity index is 462. The fraction of sp³-hybridized carbons (Fsp3) is 0.600. The molecule has 0 aliphatic carbocycles. The van der Waals surface area contributed by atoms with Gasteiger partial charge in [-0.25, -0.2) is 4.39 Å². The molecular weight excluding hydrogens is 261 g/mol. The molecule has 0 radical (unpaired) electrons. The van der Waals surface area contributed by atoms with Crippen LogP contribution in [-0.2, 0) is 5.75 Å². The molecule has 4 heteroatoms. The first kappa shape index (κ1) is 14.7. The van der Waals surface area contributed by atoms with Crippen molar-refractivity contribution in [1.29, 1.82) is 0 Å². The number of benzene rings is 1. The average Bonchev–Trinajstić information content (AvgIpc) is 2.36. The van der Waals surface area contributed by atoms with Crippen LogP contribution < -0.4 is 10.1 Å². The summed E-state index contributed by atoms with van der Waals surface area (Å²) >= 11 is 1.81. The first-order chi connectivity index (χ1) is 8.99. The van der Waals surface area contributed by atoms with Gasteiger partial charge in [0.2, 0.25) is 0 Å². The Labute approximate surface area is 119 Å². The minimum Gasteiger partial charge on any atom is -0.497 e. The van der Waals surface area contributed by atoms with E-state index in [-0.39, 0.29) is 16.6 Å². The highest BCUT2D eigenvalue weighted by Gasteiger charge is 2.37. The first-order valence-electron chi connectivity index (χ1n) is 6.73. The van der Waals surface area contributed by atoms with E-state index < -0.39 is 0 Å². The molecule has 1 heterocycles. The fourth-order valence-electron chi connectivity index (χ4n) is 2.52. The van der Waals surface area contributed by atoms with Gasteiger partial charge in [0.1, 0.15) is 11.6 Å². The minimum absolute atomic E-state index is 0.0565. The molecule has 2 nitrogen and oxygen atoms in total. The van der Waals surface area contributed by atoms with Gasteiger partial charge < -0.3 is 10.1 Å². The second kappa shape index (κ2) is 5.71. The van der Waals surface area contributed by atoms with Crippen molar-refractivity contribution in [3.63, 3.8) is 0 Å². The Morgan fingerprint density at radius 2 is 2.21 bits per heavy atom. The molecule has 1 aliphatic heterocycles. The SMILES string of the molecule is CCCNC1c2cc(OC)cc(F)c2CSC1(C)C. The summed E-state index contributed by atoms with van der Waals surface area (Å²) in [5, 5.41) is 3.55. The van der Waals surface area contributed by atoms with E-state index in [4.69, 9.17) is 4.74 Å². The van der Waals surface area contributed by atoms with E-state index in [9.17, 15) is 4.39 Å². The lowest BCUT2D eigenvalue weighted by atomic mass is 9.90. The number of fused-ring (bicyclic) bond motifs is 1. The van der Waals surface area contributed by atoms with Crippen LogP contribution in [0.3, 0.4) is 0 Å². The van der Waals surface area contributed by atoms with E-state index in [1.165, 1.54) is 6.07 Å². The smallest absolute Gasteiger partial charge is 0.131 e. The van der Waals surface area contributed by atoms with Gasteiger partial charge in [-0.05, 0) is 38.4 Å². The van der Waals surface area contributed by atoms with Crippen molar-refractivity contribution in [2.24, 2.45) is 0 Å². The third-order valence-electron chi connectivity index (χ3n) is 3.63. The summed E-state index contributed by atoms with van der Waals surface area (Å²) in [5.41, 5.74) is 1.87. The van der Waals surface area contributed by atoms with Crippen LogP contribution >= 0.6 is 11.8 Å². The summed E-state index contributed by atoms with van der Waals surface area (Å²) in [6, 6.07) is 3.62. The van der Waals surface area contributed by atoms with Crippen LogP contribution in [0.25, 0.3) is 0 Å². The van der Waals surface area contributed by atoms with Crippen molar-refractivity contribution in [1.82, 2.24) is 5.32 Å². The van der Waals surface area contributed by atoms with Crippen molar-refractivity contribution in [3.8, 4) is 5.75 Å². The van der Waals surface area contributed by atoms with Gasteiger partial charge in [0, 0.05) is 28.2 Å². The predicted molar refractivity (Wildman–Crippen MR) is 79.4 cm³/mol. The number of nitrogens with one attached hydrogen (secondary N) is 1. The number of halogens is 1. The number of thioether (sulfide) groups is 1. The molecule has 2 rings (SSSR count). The highest BCUT2D eigenvalue weighted by molar-refractivity contribution is 8.00. The zero-order valence-electron chi connectivity index (χ0n) is 12.0. The van der Waals surface area contributed by atoms with Crippen molar-refractivity contribution in [3.05, 3.63) is 29.1 Å². The van der Waals surface area contributed by atoms with Crippen molar-refractivity contribution >= 4 is 11.8 Å². The maximum Gasteiger partial charge on any atom is 0.131 e. The molecular formula is C15H22FNOS. The second-order valence-electron chi connectivity index (χ2n) is 5.46. The molecule has 0 bridgehead atoms. The van der Waals surface area contributed by atoms with Crippen LogP contribution in [0, 0.1) is 5.82 Å². The third-order valence-corrected chi connectivity index (χ3v) is 5.05. The topological polar surface area (TPSA) is 21.3 Å². The number of hydrogen-bond donors (Lipinski definition) is 1. The Hall–Kier alpha value is -0.740. The molecule has 19 heavy (non-hydrogen) atoms. The monoisotopic (exact) mass is 283 g/mol. The van der Waals surface area contributed by atoms with Gasteiger partial charge in [-0.2, -0.15) is 0 Å². The first-order valence-corrected chi connectivity index (χ1v) is 7.71. The quantitative estimate of drug-likeness (QED) is 0.905. The molecule has 0 aromatic heterocycles. The largest absolute Gasteiger partial charge is 0.497 e. The van der Waals surface area contributed by atoms with Crippen LogP contribution in [0.4, 0.5) is 4.39 Å². The number of ether oxygens (including phenoxy) is 1. The summed E-state index contributed by atoms with van der Waals surface area (Å²) in [6.07, 6.45) is 1.07. The second-order valence-corrected chi connectivity index (χ2v) is 7.09.